The Morgan fingerprint density at radius 1 is 1.16 bits per heavy atom. The first-order valence-corrected chi connectivity index (χ1v) is 6.60. The van der Waals surface area contributed by atoms with E-state index in [1.807, 2.05) is 6.92 Å². The Kier molecular flexibility index (Phi) is 15.8. The van der Waals surface area contributed by atoms with Crippen molar-refractivity contribution in [3.8, 4) is 0 Å². The van der Waals surface area contributed by atoms with Crippen LogP contribution in [-0.4, -0.2) is 48.1 Å². The third-order valence-corrected chi connectivity index (χ3v) is 1.93. The first kappa shape index (κ1) is 20.2. The van der Waals surface area contributed by atoms with Crippen molar-refractivity contribution in [1.82, 2.24) is 0 Å². The molecule has 0 bridgehead atoms. The summed E-state index contributed by atoms with van der Waals surface area (Å²) in [6, 6.07) is 0. The van der Waals surface area contributed by atoms with Gasteiger partial charge in [0, 0.05) is 13.0 Å². The quantitative estimate of drug-likeness (QED) is 0.509. The minimum atomic E-state index is -0.991. The topological polar surface area (TPSA) is 93.1 Å². The van der Waals surface area contributed by atoms with Crippen molar-refractivity contribution in [2.45, 2.75) is 52.6 Å². The molecule has 0 radical (unpaired) electrons. The Hall–Kier alpha value is -1.14. The van der Waals surface area contributed by atoms with Crippen LogP contribution in [0.4, 0.5) is 0 Å². The third kappa shape index (κ3) is 16.9. The van der Waals surface area contributed by atoms with Gasteiger partial charge >= 0.3 is 11.9 Å². The largest absolute Gasteiger partial charge is 0.466 e. The first-order valence-electron chi connectivity index (χ1n) is 6.60. The van der Waals surface area contributed by atoms with Gasteiger partial charge in [0.2, 0.25) is 0 Å². The zero-order valence-corrected chi connectivity index (χ0v) is 12.1. The van der Waals surface area contributed by atoms with Crippen LogP contribution in [-0.2, 0) is 19.1 Å². The van der Waals surface area contributed by atoms with Gasteiger partial charge in [-0.25, -0.2) is 4.79 Å². The Bertz CT molecular complexity index is 227. The predicted octanol–water partition coefficient (Wildman–Crippen LogP) is 1.03. The number of aliphatic hydroxyl groups excluding tert-OH is 2. The van der Waals surface area contributed by atoms with Gasteiger partial charge in [-0.05, 0) is 26.7 Å². The summed E-state index contributed by atoms with van der Waals surface area (Å²) in [6.45, 7) is 6.01. The summed E-state index contributed by atoms with van der Waals surface area (Å²) in [4.78, 5) is 21.0. The molecule has 1 atom stereocenters. The highest BCUT2D eigenvalue weighted by Gasteiger charge is 2.07. The Balaban J connectivity index is 0. The lowest BCUT2D eigenvalue weighted by molar-refractivity contribution is -0.152. The molecule has 0 aromatic carbocycles. The fraction of sp³-hybridized carbons (Fsp3) is 0.846. The smallest absolute Gasteiger partial charge is 0.334 e. The molecule has 1 unspecified atom stereocenters. The van der Waals surface area contributed by atoms with Crippen molar-refractivity contribution in [3.05, 3.63) is 0 Å². The van der Waals surface area contributed by atoms with Gasteiger partial charge in [-0.1, -0.05) is 13.3 Å². The molecule has 0 rings (SSSR count). The summed E-state index contributed by atoms with van der Waals surface area (Å²) in [5.41, 5.74) is 0. The van der Waals surface area contributed by atoms with Gasteiger partial charge in [0.25, 0.3) is 0 Å². The molecule has 0 heterocycles. The van der Waals surface area contributed by atoms with Crippen LogP contribution >= 0.6 is 0 Å². The van der Waals surface area contributed by atoms with Gasteiger partial charge in [-0.2, -0.15) is 0 Å². The van der Waals surface area contributed by atoms with Gasteiger partial charge in [-0.3, -0.25) is 4.79 Å². The second-order valence-electron chi connectivity index (χ2n) is 3.83. The Labute approximate surface area is 114 Å². The molecule has 0 aliphatic heterocycles. The molecular weight excluding hydrogens is 252 g/mol. The van der Waals surface area contributed by atoms with Gasteiger partial charge in [0.1, 0.15) is 6.10 Å². The highest BCUT2D eigenvalue weighted by Crippen LogP contribution is 1.94. The molecule has 0 aliphatic rings. The van der Waals surface area contributed by atoms with Crippen molar-refractivity contribution in [1.29, 1.82) is 0 Å². The van der Waals surface area contributed by atoms with E-state index in [1.54, 1.807) is 6.92 Å². The van der Waals surface area contributed by atoms with Crippen molar-refractivity contribution < 1.29 is 29.3 Å². The number of aliphatic hydroxyl groups is 2. The summed E-state index contributed by atoms with van der Waals surface area (Å²) in [7, 11) is 0. The van der Waals surface area contributed by atoms with E-state index in [2.05, 4.69) is 4.74 Å². The van der Waals surface area contributed by atoms with Gasteiger partial charge in [-0.15, -0.1) is 0 Å². The number of ether oxygens (including phenoxy) is 2. The molecule has 0 fully saturated rings. The van der Waals surface area contributed by atoms with E-state index >= 15 is 0 Å². The summed E-state index contributed by atoms with van der Waals surface area (Å²) in [6.07, 6.45) is 1.80. The maximum absolute atomic E-state index is 10.7. The monoisotopic (exact) mass is 278 g/mol. The molecule has 114 valence electrons. The average Bonchev–Trinajstić information content (AvgIpc) is 2.37. The van der Waals surface area contributed by atoms with E-state index < -0.39 is 12.1 Å². The molecular formula is C13H26O6. The minimum absolute atomic E-state index is 0.0584. The predicted molar refractivity (Wildman–Crippen MR) is 70.5 cm³/mol. The standard InChI is InChI=1S/C8H16O3.C5H10O3/c1-2-3-7-11-8(10)5-4-6-9;1-3-8-5(7)4(2)6/h9H,2-7H2,1H3;4,6H,3H2,1-2H3. The van der Waals surface area contributed by atoms with Crippen LogP contribution in [0.25, 0.3) is 0 Å². The van der Waals surface area contributed by atoms with Crippen molar-refractivity contribution in [2.24, 2.45) is 0 Å². The Morgan fingerprint density at radius 2 is 1.79 bits per heavy atom. The molecule has 0 amide bonds. The number of carbonyl (C=O) groups is 2. The van der Waals surface area contributed by atoms with Crippen LogP contribution in [0.15, 0.2) is 0 Å². The van der Waals surface area contributed by atoms with Crippen molar-refractivity contribution in [2.75, 3.05) is 19.8 Å². The molecule has 2 N–H and O–H groups in total. The number of hydrogen-bond acceptors (Lipinski definition) is 6. The summed E-state index contributed by atoms with van der Waals surface area (Å²) in [5, 5.41) is 16.9. The zero-order chi connectivity index (χ0) is 15.1. The number of esters is 2. The minimum Gasteiger partial charge on any atom is -0.466 e. The number of carbonyl (C=O) groups excluding carboxylic acids is 2. The van der Waals surface area contributed by atoms with E-state index in [-0.39, 0.29) is 12.6 Å². The fourth-order valence-electron chi connectivity index (χ4n) is 0.889. The lowest BCUT2D eigenvalue weighted by atomic mass is 10.3. The lowest BCUT2D eigenvalue weighted by Crippen LogP contribution is -2.18. The second kappa shape index (κ2) is 14.9. The molecule has 0 saturated heterocycles. The lowest BCUT2D eigenvalue weighted by Gasteiger charge is -2.01. The molecule has 0 aromatic heterocycles. The van der Waals surface area contributed by atoms with Crippen molar-refractivity contribution >= 4 is 11.9 Å². The highest BCUT2D eigenvalue weighted by molar-refractivity contribution is 5.73. The SMILES string of the molecule is CCCCOC(=O)CCCO.CCOC(=O)C(C)O. The van der Waals surface area contributed by atoms with E-state index in [0.29, 0.717) is 26.1 Å². The normalized spacial score (nSPS) is 11.0. The molecule has 0 aliphatic carbocycles. The summed E-state index contributed by atoms with van der Waals surface area (Å²) < 4.78 is 9.25. The van der Waals surface area contributed by atoms with Gasteiger partial charge in [0.15, 0.2) is 0 Å². The number of hydrogen-bond donors (Lipinski definition) is 2. The molecule has 19 heavy (non-hydrogen) atoms. The van der Waals surface area contributed by atoms with E-state index in [1.165, 1.54) is 6.92 Å². The third-order valence-electron chi connectivity index (χ3n) is 1.93. The molecule has 6 heteroatoms. The van der Waals surface area contributed by atoms with Crippen LogP contribution in [0.1, 0.15) is 46.5 Å². The van der Waals surface area contributed by atoms with E-state index in [4.69, 9.17) is 14.9 Å². The van der Waals surface area contributed by atoms with Crippen molar-refractivity contribution in [3.63, 3.8) is 0 Å². The van der Waals surface area contributed by atoms with E-state index in [0.717, 1.165) is 12.8 Å². The van der Waals surface area contributed by atoms with Crippen LogP contribution in [0.3, 0.4) is 0 Å². The fourth-order valence-corrected chi connectivity index (χ4v) is 0.889. The van der Waals surface area contributed by atoms with Crippen LogP contribution in [0.5, 0.6) is 0 Å². The maximum atomic E-state index is 10.7. The number of rotatable bonds is 8. The van der Waals surface area contributed by atoms with E-state index in [9.17, 15) is 9.59 Å². The second-order valence-corrected chi connectivity index (χ2v) is 3.83. The first-order chi connectivity index (χ1) is 8.99. The van der Waals surface area contributed by atoms with Crippen LogP contribution in [0.2, 0.25) is 0 Å². The average molecular weight is 278 g/mol. The van der Waals surface area contributed by atoms with Gasteiger partial charge < -0.3 is 19.7 Å². The molecule has 6 nitrogen and oxygen atoms in total. The zero-order valence-electron chi connectivity index (χ0n) is 12.1. The van der Waals surface area contributed by atoms with Crippen LogP contribution in [0, 0.1) is 0 Å². The molecule has 0 spiro atoms. The maximum Gasteiger partial charge on any atom is 0.334 e. The summed E-state index contributed by atoms with van der Waals surface area (Å²) >= 11 is 0. The highest BCUT2D eigenvalue weighted by atomic mass is 16.5. The molecule has 0 aromatic rings. The summed E-state index contributed by atoms with van der Waals surface area (Å²) in [5.74, 6) is -0.764. The Morgan fingerprint density at radius 3 is 2.16 bits per heavy atom. The van der Waals surface area contributed by atoms with Gasteiger partial charge in [0.05, 0.1) is 13.2 Å². The van der Waals surface area contributed by atoms with Crippen LogP contribution < -0.4 is 0 Å². The molecule has 0 saturated carbocycles. The number of unbranched alkanes of at least 4 members (excludes halogenated alkanes) is 1.